The van der Waals surface area contributed by atoms with E-state index < -0.39 is 0 Å². The fourth-order valence-electron chi connectivity index (χ4n) is 5.54. The van der Waals surface area contributed by atoms with E-state index in [9.17, 15) is 5.21 Å². The number of hydroxylamine groups is 1. The number of nitrogens with zero attached hydrogens (tertiary/aromatic N) is 4. The highest BCUT2D eigenvalue weighted by molar-refractivity contribution is 5.08. The number of rotatable bonds is 28. The minimum absolute atomic E-state index is 0.572. The number of aromatic nitrogens is 2. The summed E-state index contributed by atoms with van der Waals surface area (Å²) in [4.78, 5) is 9.32. The van der Waals surface area contributed by atoms with Crippen molar-refractivity contribution in [2.45, 2.75) is 154 Å². The normalized spacial score (nSPS) is 11.8. The molecule has 0 aliphatic rings. The van der Waals surface area contributed by atoms with Crippen molar-refractivity contribution in [3.05, 3.63) is 65.4 Å². The van der Waals surface area contributed by atoms with Gasteiger partial charge >= 0.3 is 0 Å². The topological polar surface area (TPSA) is 64.2 Å². The highest BCUT2D eigenvalue weighted by atomic mass is 16.5. The van der Waals surface area contributed by atoms with Gasteiger partial charge in [-0.1, -0.05) is 126 Å². The minimum atomic E-state index is 0.572. The zero-order valence-electron chi connectivity index (χ0n) is 26.2. The number of hydrogen-bond donors (Lipinski definition) is 0. The largest absolute Gasteiger partial charge is 0.600 e. The lowest BCUT2D eigenvalue weighted by Crippen LogP contribution is -2.04. The molecule has 2 aromatic heterocycles. The van der Waals surface area contributed by atoms with Crippen molar-refractivity contribution >= 4 is 0 Å². The van der Waals surface area contributed by atoms with Crippen molar-refractivity contribution < 1.29 is 4.86 Å². The van der Waals surface area contributed by atoms with Crippen molar-refractivity contribution in [1.82, 2.24) is 9.97 Å². The average Bonchev–Trinajstić information content (AvgIpc) is 3.00. The van der Waals surface area contributed by atoms with Gasteiger partial charge in [-0.3, -0.25) is 9.97 Å². The van der Waals surface area contributed by atoms with Crippen LogP contribution in [-0.2, 0) is 12.8 Å². The van der Waals surface area contributed by atoms with Gasteiger partial charge in [0.1, 0.15) is 6.54 Å². The van der Waals surface area contributed by atoms with E-state index in [1.165, 1.54) is 140 Å². The van der Waals surface area contributed by atoms with Gasteiger partial charge in [0.2, 0.25) is 0 Å². The molecule has 2 heterocycles. The molecule has 5 nitrogen and oxygen atoms in total. The number of hydrogen-bond acceptors (Lipinski definition) is 4. The molecule has 230 valence electrons. The molecule has 0 atom stereocenters. The van der Waals surface area contributed by atoms with E-state index in [2.05, 4.69) is 27.2 Å². The van der Waals surface area contributed by atoms with E-state index in [4.69, 9.17) is 0 Å². The van der Waals surface area contributed by atoms with E-state index >= 15 is 0 Å². The molecule has 41 heavy (non-hydrogen) atoms. The molecule has 0 aliphatic heterocycles. The molecule has 0 radical (unpaired) electrons. The summed E-state index contributed by atoms with van der Waals surface area (Å²) < 4.78 is 0. The Morgan fingerprint density at radius 1 is 0.488 bits per heavy atom. The molecule has 0 aliphatic carbocycles. The van der Waals surface area contributed by atoms with Crippen LogP contribution in [0.5, 0.6) is 0 Å². The van der Waals surface area contributed by atoms with Crippen molar-refractivity contribution in [3.63, 3.8) is 0 Å². The van der Waals surface area contributed by atoms with E-state index in [1.807, 2.05) is 36.9 Å². The van der Waals surface area contributed by atoms with Crippen LogP contribution < -0.4 is 0 Å². The zero-order chi connectivity index (χ0) is 28.9. The summed E-state index contributed by atoms with van der Waals surface area (Å²) in [5.41, 5.74) is 2.73. The van der Waals surface area contributed by atoms with Gasteiger partial charge in [0.15, 0.2) is 6.54 Å². The van der Waals surface area contributed by atoms with Crippen LogP contribution in [0.1, 0.15) is 152 Å². The third-order valence-corrected chi connectivity index (χ3v) is 8.14. The molecule has 0 unspecified atom stereocenters. The molecule has 0 spiro atoms. The highest BCUT2D eigenvalue weighted by Crippen LogP contribution is 2.14. The number of pyridine rings is 2. The molecule has 0 saturated carbocycles. The van der Waals surface area contributed by atoms with E-state index in [1.54, 1.807) is 0 Å². The maximum absolute atomic E-state index is 11.9. The van der Waals surface area contributed by atoms with Gasteiger partial charge < -0.3 is 5.21 Å². The first-order valence-corrected chi connectivity index (χ1v) is 17.2. The van der Waals surface area contributed by atoms with E-state index in [0.717, 1.165) is 30.5 Å². The van der Waals surface area contributed by atoms with Crippen molar-refractivity contribution in [2.75, 3.05) is 13.1 Å². The molecule has 0 N–H and O–H groups in total. The van der Waals surface area contributed by atoms with Crippen LogP contribution in [0.4, 0.5) is 0 Å². The Kier molecular flexibility index (Phi) is 22.6. The fourth-order valence-corrected chi connectivity index (χ4v) is 5.54. The first-order chi connectivity index (χ1) is 20.3. The monoisotopic (exact) mass is 564 g/mol. The van der Waals surface area contributed by atoms with Crippen molar-refractivity contribution in [3.8, 4) is 0 Å². The maximum atomic E-state index is 11.9. The Morgan fingerprint density at radius 2 is 0.854 bits per heavy atom. The molecule has 0 bridgehead atoms. The first kappa shape index (κ1) is 34.9. The van der Waals surface area contributed by atoms with Crippen molar-refractivity contribution in [2.24, 2.45) is 5.11 Å². The van der Waals surface area contributed by atoms with Gasteiger partial charge in [0.25, 0.3) is 0 Å². The summed E-state index contributed by atoms with van der Waals surface area (Å²) in [6.07, 6.45) is 38.5. The third-order valence-electron chi connectivity index (χ3n) is 8.14. The van der Waals surface area contributed by atoms with E-state index in [0.29, 0.717) is 13.1 Å². The van der Waals surface area contributed by atoms with Crippen LogP contribution in [0.3, 0.4) is 0 Å². The summed E-state index contributed by atoms with van der Waals surface area (Å²) in [7, 11) is 0. The molecular formula is C36H60N4O. The Labute approximate surface area is 252 Å². The standard InChI is InChI=1S/C36H60N4O/c41-40(32-22-18-14-10-6-2-4-8-12-16-20-26-36-28-24-30-38-34-36)39-31-21-17-13-9-5-1-3-7-11-15-19-25-35-27-23-29-37-33-35/h23-24,27-30,33-34H,1-22,25-26,31-32H2. The summed E-state index contributed by atoms with van der Waals surface area (Å²) in [6, 6.07) is 8.42. The minimum Gasteiger partial charge on any atom is -0.600 e. The Bertz CT molecular complexity index is 843. The lowest BCUT2D eigenvalue weighted by Gasteiger charge is -2.04. The SMILES string of the molecule is [O-][N+](CCCCCCCCCCCCCc1cccnc1)=NCCCCCCCCCCCCCc1cccnc1. The average molecular weight is 565 g/mol. The molecule has 0 fully saturated rings. The lowest BCUT2D eigenvalue weighted by molar-refractivity contribution is -0.531. The predicted octanol–water partition coefficient (Wildman–Crippen LogP) is 10.8. The van der Waals surface area contributed by atoms with Crippen LogP contribution in [0, 0.1) is 5.21 Å². The zero-order valence-corrected chi connectivity index (χ0v) is 26.2. The summed E-state index contributed by atoms with van der Waals surface area (Å²) >= 11 is 0. The van der Waals surface area contributed by atoms with Gasteiger partial charge in [0, 0.05) is 31.2 Å². The van der Waals surface area contributed by atoms with Gasteiger partial charge in [-0.2, -0.15) is 0 Å². The third kappa shape index (κ3) is 22.0. The van der Waals surface area contributed by atoms with E-state index in [-0.39, 0.29) is 0 Å². The summed E-state index contributed by atoms with van der Waals surface area (Å²) in [5.74, 6) is 0. The van der Waals surface area contributed by atoms with Gasteiger partial charge in [-0.05, 0) is 66.9 Å². The summed E-state index contributed by atoms with van der Waals surface area (Å²) in [6.45, 7) is 1.27. The van der Waals surface area contributed by atoms with Gasteiger partial charge in [-0.15, -0.1) is 0 Å². The molecule has 2 aromatic rings. The molecule has 0 aromatic carbocycles. The number of aryl methyl sites for hydroxylation is 2. The van der Waals surface area contributed by atoms with Crippen LogP contribution >= 0.6 is 0 Å². The van der Waals surface area contributed by atoms with Gasteiger partial charge in [0.05, 0.1) is 0 Å². The molecule has 5 heteroatoms. The summed E-state index contributed by atoms with van der Waals surface area (Å²) in [5, 5.41) is 16.1. The predicted molar refractivity (Wildman–Crippen MR) is 173 cm³/mol. The highest BCUT2D eigenvalue weighted by Gasteiger charge is 1.99. The van der Waals surface area contributed by atoms with Gasteiger partial charge in [-0.25, -0.2) is 0 Å². The Balaban J connectivity index is 1.22. The Morgan fingerprint density at radius 3 is 1.24 bits per heavy atom. The van der Waals surface area contributed by atoms with Crippen LogP contribution in [0.15, 0.2) is 54.2 Å². The lowest BCUT2D eigenvalue weighted by atomic mass is 10.0. The quantitative estimate of drug-likeness (QED) is 0.0447. The second kappa shape index (κ2) is 26.6. The van der Waals surface area contributed by atoms with Crippen LogP contribution in [0.2, 0.25) is 0 Å². The second-order valence-corrected chi connectivity index (χ2v) is 11.9. The molecule has 0 saturated heterocycles. The molecule has 2 rings (SSSR count). The number of azo groups is 1. The van der Waals surface area contributed by atoms with Crippen LogP contribution in [-0.4, -0.2) is 27.9 Å². The first-order valence-electron chi connectivity index (χ1n) is 17.2. The Hall–Kier alpha value is -2.30. The fraction of sp³-hybridized carbons (Fsp3) is 0.722. The maximum Gasteiger partial charge on any atom is 0.180 e. The van der Waals surface area contributed by atoms with Crippen LogP contribution in [0.25, 0.3) is 0 Å². The molecule has 0 amide bonds. The second-order valence-electron chi connectivity index (χ2n) is 11.9. The number of unbranched alkanes of at least 4 members (excludes halogenated alkanes) is 20. The smallest absolute Gasteiger partial charge is 0.180 e. The van der Waals surface area contributed by atoms with Crippen molar-refractivity contribution in [1.29, 1.82) is 0 Å². The molecular weight excluding hydrogens is 504 g/mol.